The van der Waals surface area contributed by atoms with Crippen molar-refractivity contribution in [1.82, 2.24) is 15.3 Å². The van der Waals surface area contributed by atoms with Crippen molar-refractivity contribution in [3.8, 4) is 0 Å². The van der Waals surface area contributed by atoms with Gasteiger partial charge in [-0.25, -0.2) is 14.4 Å². The molecule has 0 radical (unpaired) electrons. The van der Waals surface area contributed by atoms with Crippen molar-refractivity contribution in [3.05, 3.63) is 82.9 Å². The van der Waals surface area contributed by atoms with Gasteiger partial charge in [-0.1, -0.05) is 37.3 Å². The zero-order valence-corrected chi connectivity index (χ0v) is 16.0. The molecule has 0 unspecified atom stereocenters. The average molecular weight is 378 g/mol. The predicted octanol–water partition coefficient (Wildman–Crippen LogP) is 4.20. The molecule has 2 aromatic carbocycles. The quantitative estimate of drug-likeness (QED) is 0.647. The smallest absolute Gasteiger partial charge is 0.270 e. The summed E-state index contributed by atoms with van der Waals surface area (Å²) in [6.07, 6.45) is 1.38. The van der Waals surface area contributed by atoms with Gasteiger partial charge in [0.15, 0.2) is 0 Å². The van der Waals surface area contributed by atoms with E-state index in [0.29, 0.717) is 30.2 Å². The molecular formula is C22H23FN4O. The summed E-state index contributed by atoms with van der Waals surface area (Å²) in [5.74, 6) is -0.218. The Morgan fingerprint density at radius 2 is 1.82 bits per heavy atom. The Morgan fingerprint density at radius 3 is 2.54 bits per heavy atom. The molecule has 2 N–H and O–H groups in total. The second-order valence-corrected chi connectivity index (χ2v) is 6.49. The number of hydrogen-bond donors (Lipinski definition) is 2. The molecule has 0 atom stereocenters. The van der Waals surface area contributed by atoms with Crippen LogP contribution in [0.15, 0.2) is 54.6 Å². The van der Waals surface area contributed by atoms with Gasteiger partial charge in [-0.3, -0.25) is 4.79 Å². The van der Waals surface area contributed by atoms with Crippen molar-refractivity contribution in [2.75, 3.05) is 11.9 Å². The van der Waals surface area contributed by atoms with Crippen LogP contribution >= 0.6 is 0 Å². The van der Waals surface area contributed by atoms with E-state index in [9.17, 15) is 9.18 Å². The van der Waals surface area contributed by atoms with Gasteiger partial charge in [0, 0.05) is 17.9 Å². The van der Waals surface area contributed by atoms with Crippen LogP contribution in [0.3, 0.4) is 0 Å². The fourth-order valence-electron chi connectivity index (χ4n) is 2.80. The third kappa shape index (κ3) is 5.13. The minimum Gasteiger partial charge on any atom is -0.350 e. The monoisotopic (exact) mass is 378 g/mol. The van der Waals surface area contributed by atoms with Crippen LogP contribution in [0.25, 0.3) is 0 Å². The lowest BCUT2D eigenvalue weighted by Gasteiger charge is -2.09. The van der Waals surface area contributed by atoms with E-state index in [1.807, 2.05) is 31.2 Å². The third-order valence-electron chi connectivity index (χ3n) is 4.34. The number of rotatable bonds is 7. The fraction of sp³-hybridized carbons (Fsp3) is 0.227. The Bertz CT molecular complexity index is 957. The highest BCUT2D eigenvalue weighted by Gasteiger charge is 2.11. The van der Waals surface area contributed by atoms with Gasteiger partial charge in [-0.05, 0) is 55.2 Å². The molecule has 0 aliphatic heterocycles. The van der Waals surface area contributed by atoms with Gasteiger partial charge in [0.2, 0.25) is 5.95 Å². The number of nitrogens with one attached hydrogen (secondary N) is 2. The number of anilines is 2. The molecule has 0 bridgehead atoms. The molecule has 1 amide bonds. The third-order valence-corrected chi connectivity index (χ3v) is 4.34. The molecule has 5 nitrogen and oxygen atoms in total. The molecule has 6 heteroatoms. The van der Waals surface area contributed by atoms with Crippen LogP contribution in [0.2, 0.25) is 0 Å². The van der Waals surface area contributed by atoms with E-state index >= 15 is 0 Å². The van der Waals surface area contributed by atoms with Crippen LogP contribution in [0, 0.1) is 12.7 Å². The Morgan fingerprint density at radius 1 is 1.07 bits per heavy atom. The zero-order chi connectivity index (χ0) is 19.9. The normalized spacial score (nSPS) is 10.5. The van der Waals surface area contributed by atoms with E-state index in [4.69, 9.17) is 0 Å². The molecule has 0 aliphatic carbocycles. The Hall–Kier alpha value is -3.28. The van der Waals surface area contributed by atoms with Gasteiger partial charge in [0.25, 0.3) is 5.91 Å². The van der Waals surface area contributed by atoms with Crippen LogP contribution < -0.4 is 10.6 Å². The Kier molecular flexibility index (Phi) is 6.32. The Labute approximate surface area is 164 Å². The van der Waals surface area contributed by atoms with Crippen LogP contribution in [-0.2, 0) is 12.8 Å². The molecule has 0 fully saturated rings. The second-order valence-electron chi connectivity index (χ2n) is 6.49. The first-order chi connectivity index (χ1) is 13.5. The summed E-state index contributed by atoms with van der Waals surface area (Å²) in [4.78, 5) is 21.1. The number of carbonyl (C=O) groups excluding carboxylic acids is 1. The zero-order valence-electron chi connectivity index (χ0n) is 16.0. The van der Waals surface area contributed by atoms with Crippen molar-refractivity contribution in [3.63, 3.8) is 0 Å². The van der Waals surface area contributed by atoms with Gasteiger partial charge in [0.1, 0.15) is 11.5 Å². The van der Waals surface area contributed by atoms with Crippen LogP contribution in [0.1, 0.15) is 34.2 Å². The maximum atomic E-state index is 13.7. The highest BCUT2D eigenvalue weighted by atomic mass is 19.1. The van der Waals surface area contributed by atoms with Crippen molar-refractivity contribution < 1.29 is 9.18 Å². The highest BCUT2D eigenvalue weighted by molar-refractivity contribution is 5.92. The first-order valence-electron chi connectivity index (χ1n) is 9.28. The van der Waals surface area contributed by atoms with E-state index in [2.05, 4.69) is 27.5 Å². The molecule has 1 aromatic heterocycles. The number of nitrogens with zero attached hydrogens (tertiary/aromatic N) is 2. The van der Waals surface area contributed by atoms with Crippen molar-refractivity contribution in [2.45, 2.75) is 26.7 Å². The lowest BCUT2D eigenvalue weighted by molar-refractivity contribution is 0.0949. The summed E-state index contributed by atoms with van der Waals surface area (Å²) in [7, 11) is 0. The van der Waals surface area contributed by atoms with E-state index in [1.54, 1.807) is 24.3 Å². The van der Waals surface area contributed by atoms with Crippen molar-refractivity contribution in [2.24, 2.45) is 0 Å². The predicted molar refractivity (Wildman–Crippen MR) is 108 cm³/mol. The van der Waals surface area contributed by atoms with Crippen molar-refractivity contribution >= 4 is 17.5 Å². The number of hydrogen-bond acceptors (Lipinski definition) is 4. The average Bonchev–Trinajstić information content (AvgIpc) is 2.69. The van der Waals surface area contributed by atoms with Crippen molar-refractivity contribution in [1.29, 1.82) is 0 Å². The largest absolute Gasteiger partial charge is 0.350 e. The number of aromatic nitrogens is 2. The summed E-state index contributed by atoms with van der Waals surface area (Å²) in [5, 5.41) is 5.91. The summed E-state index contributed by atoms with van der Waals surface area (Å²) < 4.78 is 13.7. The molecule has 3 aromatic rings. The molecule has 28 heavy (non-hydrogen) atoms. The lowest BCUT2D eigenvalue weighted by atomic mass is 10.1. The first-order valence-corrected chi connectivity index (χ1v) is 9.28. The van der Waals surface area contributed by atoms with Gasteiger partial charge < -0.3 is 10.6 Å². The second kappa shape index (κ2) is 9.08. The maximum Gasteiger partial charge on any atom is 0.270 e. The number of aryl methyl sites for hydroxylation is 2. The standard InChI is InChI=1S/C22H23FN4O/c1-3-16-8-10-18(11-9-16)26-22-25-15(2)14-20(27-22)21(28)24-13-12-17-6-4-5-7-19(17)23/h4-11,14H,3,12-13H2,1-2H3,(H,24,28)(H,25,26,27). The molecule has 0 spiro atoms. The summed E-state index contributed by atoms with van der Waals surface area (Å²) in [6, 6.07) is 16.2. The summed E-state index contributed by atoms with van der Waals surface area (Å²) in [6.45, 7) is 4.23. The van der Waals surface area contributed by atoms with E-state index < -0.39 is 0 Å². The van der Waals surface area contributed by atoms with Crippen LogP contribution in [-0.4, -0.2) is 22.4 Å². The van der Waals surface area contributed by atoms with E-state index in [1.165, 1.54) is 11.6 Å². The van der Waals surface area contributed by atoms with E-state index in [0.717, 1.165) is 12.1 Å². The van der Waals surface area contributed by atoms with Gasteiger partial charge in [-0.15, -0.1) is 0 Å². The number of benzene rings is 2. The number of amides is 1. The molecule has 0 saturated heterocycles. The minimum absolute atomic E-state index is 0.268. The molecule has 1 heterocycles. The molecule has 0 saturated carbocycles. The number of carbonyl (C=O) groups is 1. The summed E-state index contributed by atoms with van der Waals surface area (Å²) >= 11 is 0. The van der Waals surface area contributed by atoms with Gasteiger partial charge >= 0.3 is 0 Å². The number of halogens is 1. The minimum atomic E-state index is -0.314. The SMILES string of the molecule is CCc1ccc(Nc2nc(C)cc(C(=O)NCCc3ccccc3F)n2)cc1. The fourth-order valence-corrected chi connectivity index (χ4v) is 2.80. The van der Waals surface area contributed by atoms with Crippen LogP contribution in [0.5, 0.6) is 0 Å². The molecule has 144 valence electrons. The van der Waals surface area contributed by atoms with Gasteiger partial charge in [0.05, 0.1) is 0 Å². The van der Waals surface area contributed by atoms with Gasteiger partial charge in [-0.2, -0.15) is 0 Å². The maximum absolute atomic E-state index is 13.7. The first kappa shape index (κ1) is 19.5. The summed E-state index contributed by atoms with van der Waals surface area (Å²) in [5.41, 5.74) is 3.62. The van der Waals surface area contributed by atoms with Crippen LogP contribution in [0.4, 0.5) is 16.0 Å². The molecule has 0 aliphatic rings. The lowest BCUT2D eigenvalue weighted by Crippen LogP contribution is -2.27. The molecule has 3 rings (SSSR count). The topological polar surface area (TPSA) is 66.9 Å². The van der Waals surface area contributed by atoms with E-state index in [-0.39, 0.29) is 17.4 Å². The highest BCUT2D eigenvalue weighted by Crippen LogP contribution is 2.15. The molecular weight excluding hydrogens is 355 g/mol. The Balaban J connectivity index is 1.64.